The summed E-state index contributed by atoms with van der Waals surface area (Å²) < 4.78 is 13.2. The topological polar surface area (TPSA) is 49.4 Å². The number of nitrogens with zero attached hydrogens (tertiary/aromatic N) is 1. The average molecular weight is 325 g/mol. The number of rotatable bonds is 6. The van der Waals surface area contributed by atoms with Crippen molar-refractivity contribution in [2.75, 3.05) is 20.3 Å². The molecule has 0 amide bonds. The fraction of sp³-hybridized carbons (Fsp3) is 0.529. The van der Waals surface area contributed by atoms with Gasteiger partial charge in [-0.3, -0.25) is 0 Å². The van der Waals surface area contributed by atoms with Gasteiger partial charge >= 0.3 is 0 Å². The highest BCUT2D eigenvalue weighted by Gasteiger charge is 2.21. The van der Waals surface area contributed by atoms with Gasteiger partial charge < -0.3 is 19.8 Å². The molecule has 1 atom stereocenters. The van der Waals surface area contributed by atoms with Crippen LogP contribution in [0, 0.1) is 0 Å². The minimum atomic E-state index is 0. The Morgan fingerprint density at radius 2 is 2.14 bits per heavy atom. The number of ether oxygens (including phenoxy) is 2. The van der Waals surface area contributed by atoms with Crippen molar-refractivity contribution in [2.45, 2.75) is 38.8 Å². The summed E-state index contributed by atoms with van der Waals surface area (Å²) >= 11 is 0. The number of benzene rings is 1. The highest BCUT2D eigenvalue weighted by atomic mass is 35.5. The van der Waals surface area contributed by atoms with E-state index in [1.807, 2.05) is 0 Å². The predicted octanol–water partition coefficient (Wildman–Crippen LogP) is 2.92. The van der Waals surface area contributed by atoms with Crippen molar-refractivity contribution in [2.24, 2.45) is 5.73 Å². The molecular weight excluding hydrogens is 300 g/mol. The number of hydrogen-bond acceptors (Lipinski definition) is 3. The number of hydrogen-bond donors (Lipinski definition) is 1. The Hall–Kier alpha value is -1.23. The van der Waals surface area contributed by atoms with Crippen molar-refractivity contribution < 1.29 is 9.47 Å². The van der Waals surface area contributed by atoms with Crippen LogP contribution in [0.25, 0.3) is 10.9 Å². The zero-order chi connectivity index (χ0) is 14.8. The van der Waals surface area contributed by atoms with E-state index >= 15 is 0 Å². The highest BCUT2D eigenvalue weighted by molar-refractivity contribution is 5.87. The molecule has 0 radical (unpaired) electrons. The van der Waals surface area contributed by atoms with E-state index in [0.29, 0.717) is 13.2 Å². The summed E-state index contributed by atoms with van der Waals surface area (Å²) in [6, 6.07) is 6.57. The minimum Gasteiger partial charge on any atom is -0.491 e. The molecule has 0 saturated carbocycles. The maximum Gasteiger partial charge on any atom is 0.120 e. The second kappa shape index (κ2) is 7.36. The molecule has 1 aliphatic heterocycles. The van der Waals surface area contributed by atoms with Crippen molar-refractivity contribution in [3.05, 3.63) is 29.5 Å². The highest BCUT2D eigenvalue weighted by Crippen LogP contribution is 2.34. The third kappa shape index (κ3) is 3.24. The van der Waals surface area contributed by atoms with Crippen LogP contribution < -0.4 is 10.5 Å². The first-order valence-corrected chi connectivity index (χ1v) is 7.72. The van der Waals surface area contributed by atoms with Crippen LogP contribution in [0.15, 0.2) is 18.2 Å². The lowest BCUT2D eigenvalue weighted by atomic mass is 10.0. The van der Waals surface area contributed by atoms with Crippen LogP contribution in [0.3, 0.4) is 0 Å². The maximum absolute atomic E-state index is 6.05. The van der Waals surface area contributed by atoms with Gasteiger partial charge in [0.2, 0.25) is 0 Å². The zero-order valence-corrected chi connectivity index (χ0v) is 14.1. The fourth-order valence-corrected chi connectivity index (χ4v) is 3.28. The summed E-state index contributed by atoms with van der Waals surface area (Å²) in [5, 5.41) is 1.30. The van der Waals surface area contributed by atoms with Crippen LogP contribution in [0.4, 0.5) is 0 Å². The molecule has 122 valence electrons. The Bertz CT molecular complexity index is 637. The van der Waals surface area contributed by atoms with Crippen LogP contribution >= 0.6 is 12.4 Å². The van der Waals surface area contributed by atoms with E-state index in [-0.39, 0.29) is 18.4 Å². The van der Waals surface area contributed by atoms with Gasteiger partial charge in [-0.05, 0) is 49.9 Å². The van der Waals surface area contributed by atoms with Gasteiger partial charge in [0, 0.05) is 36.3 Å². The van der Waals surface area contributed by atoms with Gasteiger partial charge in [-0.15, -0.1) is 12.4 Å². The molecule has 3 rings (SSSR count). The third-order valence-corrected chi connectivity index (χ3v) is 4.14. The van der Waals surface area contributed by atoms with Crippen LogP contribution in [-0.2, 0) is 24.1 Å². The SMILES string of the molecule is COCCOc1ccc2c(c1)c(C[C@H](C)N)c1n2CCC1.Cl. The number of aryl methyl sites for hydroxylation is 1. The standard InChI is InChI=1S/C17H24N2O2.ClH/c1-12(18)10-14-15-11-13(21-9-8-20-2)5-6-17(15)19-7-3-4-16(14)19;/h5-6,11-12H,3-4,7-10,18H2,1-2H3;1H/t12-;/m0./s1. The summed E-state index contributed by atoms with van der Waals surface area (Å²) in [7, 11) is 1.69. The van der Waals surface area contributed by atoms with Crippen LogP contribution in [0.5, 0.6) is 5.75 Å². The van der Waals surface area contributed by atoms with E-state index in [4.69, 9.17) is 15.2 Å². The molecule has 0 bridgehead atoms. The molecule has 4 nitrogen and oxygen atoms in total. The lowest BCUT2D eigenvalue weighted by Gasteiger charge is -2.08. The van der Waals surface area contributed by atoms with Crippen molar-refractivity contribution in [3.63, 3.8) is 0 Å². The van der Waals surface area contributed by atoms with E-state index < -0.39 is 0 Å². The molecule has 1 aromatic carbocycles. The Balaban J connectivity index is 0.00000176. The van der Waals surface area contributed by atoms with Crippen LogP contribution in [0.1, 0.15) is 24.6 Å². The predicted molar refractivity (Wildman–Crippen MR) is 92.2 cm³/mol. The summed E-state index contributed by atoms with van der Waals surface area (Å²) in [6.07, 6.45) is 3.33. The van der Waals surface area contributed by atoms with Crippen molar-refractivity contribution in [1.82, 2.24) is 4.57 Å². The van der Waals surface area contributed by atoms with Crippen molar-refractivity contribution in [3.8, 4) is 5.75 Å². The molecular formula is C17H25ClN2O2. The molecule has 22 heavy (non-hydrogen) atoms. The number of halogens is 1. The number of methoxy groups -OCH3 is 1. The van der Waals surface area contributed by atoms with Gasteiger partial charge in [0.1, 0.15) is 12.4 Å². The molecule has 0 spiro atoms. The molecule has 1 aromatic heterocycles. The Morgan fingerprint density at radius 1 is 1.32 bits per heavy atom. The van der Waals surface area contributed by atoms with Crippen LogP contribution in [-0.4, -0.2) is 30.9 Å². The molecule has 2 heterocycles. The summed E-state index contributed by atoms with van der Waals surface area (Å²) in [5.41, 5.74) is 10.2. The zero-order valence-electron chi connectivity index (χ0n) is 13.3. The van der Waals surface area contributed by atoms with E-state index in [1.165, 1.54) is 28.6 Å². The molecule has 0 unspecified atom stereocenters. The molecule has 2 N–H and O–H groups in total. The minimum absolute atomic E-state index is 0. The molecule has 0 fully saturated rings. The third-order valence-electron chi connectivity index (χ3n) is 4.14. The molecule has 1 aliphatic rings. The Labute approximate surface area is 138 Å². The first-order chi connectivity index (χ1) is 10.2. The van der Waals surface area contributed by atoms with Gasteiger partial charge in [0.25, 0.3) is 0 Å². The van der Waals surface area contributed by atoms with Gasteiger partial charge in [0.05, 0.1) is 6.61 Å². The van der Waals surface area contributed by atoms with E-state index in [1.54, 1.807) is 7.11 Å². The first-order valence-electron chi connectivity index (χ1n) is 7.72. The van der Waals surface area contributed by atoms with Crippen molar-refractivity contribution in [1.29, 1.82) is 0 Å². The number of nitrogens with two attached hydrogens (primary N) is 1. The average Bonchev–Trinajstić information content (AvgIpc) is 3.02. The van der Waals surface area contributed by atoms with Gasteiger partial charge in [-0.25, -0.2) is 0 Å². The van der Waals surface area contributed by atoms with E-state index in [9.17, 15) is 0 Å². The van der Waals surface area contributed by atoms with E-state index in [0.717, 1.165) is 25.1 Å². The Kier molecular flexibility index (Phi) is 5.73. The normalized spacial score (nSPS) is 14.7. The smallest absolute Gasteiger partial charge is 0.120 e. The van der Waals surface area contributed by atoms with Gasteiger partial charge in [-0.2, -0.15) is 0 Å². The quantitative estimate of drug-likeness (QED) is 0.831. The summed E-state index contributed by atoms with van der Waals surface area (Å²) in [5.74, 6) is 0.912. The van der Waals surface area contributed by atoms with Gasteiger partial charge in [-0.1, -0.05) is 0 Å². The molecule has 2 aromatic rings. The number of fused-ring (bicyclic) bond motifs is 3. The van der Waals surface area contributed by atoms with Crippen LogP contribution in [0.2, 0.25) is 0 Å². The number of aromatic nitrogens is 1. The first kappa shape index (κ1) is 17.1. The second-order valence-corrected chi connectivity index (χ2v) is 5.88. The maximum atomic E-state index is 6.05. The summed E-state index contributed by atoms with van der Waals surface area (Å²) in [4.78, 5) is 0. The monoisotopic (exact) mass is 324 g/mol. The van der Waals surface area contributed by atoms with Gasteiger partial charge in [0.15, 0.2) is 0 Å². The Morgan fingerprint density at radius 3 is 2.86 bits per heavy atom. The lowest BCUT2D eigenvalue weighted by molar-refractivity contribution is 0.146. The largest absolute Gasteiger partial charge is 0.491 e. The second-order valence-electron chi connectivity index (χ2n) is 5.88. The lowest BCUT2D eigenvalue weighted by Crippen LogP contribution is -2.18. The molecule has 0 aliphatic carbocycles. The fourth-order valence-electron chi connectivity index (χ4n) is 3.28. The molecule has 0 saturated heterocycles. The van der Waals surface area contributed by atoms with E-state index in [2.05, 4.69) is 29.7 Å². The van der Waals surface area contributed by atoms with Crippen molar-refractivity contribution >= 4 is 23.3 Å². The molecule has 5 heteroatoms. The summed E-state index contributed by atoms with van der Waals surface area (Å²) in [6.45, 7) is 4.38.